The van der Waals surface area contributed by atoms with Crippen LogP contribution in [0.2, 0.25) is 0 Å². The fourth-order valence-corrected chi connectivity index (χ4v) is 5.95. The number of para-hydroxylation sites is 1. The van der Waals surface area contributed by atoms with Crippen molar-refractivity contribution in [3.63, 3.8) is 0 Å². The zero-order chi connectivity index (χ0) is 28.0. The lowest BCUT2D eigenvalue weighted by molar-refractivity contribution is 0.0953. The molecule has 0 bridgehead atoms. The summed E-state index contributed by atoms with van der Waals surface area (Å²) in [5.74, 6) is 1.28. The Balaban J connectivity index is 1.13. The molecule has 5 aromatic rings. The first-order chi connectivity index (χ1) is 19.4. The Kier molecular flexibility index (Phi) is 8.28. The van der Waals surface area contributed by atoms with Gasteiger partial charge >= 0.3 is 0 Å². The number of amides is 1. The number of rotatable bonds is 11. The maximum atomic E-state index is 12.9. The molecule has 0 radical (unpaired) electrons. The van der Waals surface area contributed by atoms with E-state index >= 15 is 0 Å². The Morgan fingerprint density at radius 3 is 2.27 bits per heavy atom. The van der Waals surface area contributed by atoms with E-state index in [1.54, 1.807) is 49.6 Å². The van der Waals surface area contributed by atoms with Gasteiger partial charge in [-0.3, -0.25) is 9.52 Å². The quantitative estimate of drug-likeness (QED) is 0.167. The van der Waals surface area contributed by atoms with Crippen LogP contribution in [0.15, 0.2) is 102 Å². The molecule has 3 N–H and O–H groups in total. The number of aromatic nitrogens is 1. The number of nitrogens with zero attached hydrogens (tertiary/aromatic N) is 1. The molecule has 40 heavy (non-hydrogen) atoms. The number of benzene rings is 4. The maximum Gasteiger partial charge on any atom is 0.261 e. The Morgan fingerprint density at radius 1 is 0.875 bits per heavy atom. The fourth-order valence-electron chi connectivity index (χ4n) is 4.13. The number of nitrogens with one attached hydrogen (secondary N) is 3. The molecule has 1 amide bonds. The second kappa shape index (κ2) is 12.2. The number of carbonyl (C=O) groups is 1. The standard InChI is InChI=1S/C30H28N4O4S2/c1-38-25-14-12-22(13-15-25)21-8-10-23(11-9-21)30(35)32-19-5-18-31-29-27-20-26(16-17-28(27)39-33-29)40(36,37)34-24-6-3-2-4-7-24/h2-4,6-17,20,34H,5,18-19H2,1H3,(H,31,33)(H,32,35). The number of carbonyl (C=O) groups excluding carboxylic acids is 1. The van der Waals surface area contributed by atoms with Gasteiger partial charge in [0.15, 0.2) is 0 Å². The SMILES string of the molecule is COc1ccc(-c2ccc(C(=O)NCCCNc3nsc4ccc(S(=O)(=O)Nc5ccccc5)cc34)cc2)cc1. The number of methoxy groups -OCH3 is 1. The average Bonchev–Trinajstić information content (AvgIpc) is 3.39. The normalized spacial score (nSPS) is 11.2. The molecule has 0 spiro atoms. The van der Waals surface area contributed by atoms with Gasteiger partial charge in [-0.2, -0.15) is 4.37 Å². The molecule has 5 rings (SSSR count). The van der Waals surface area contributed by atoms with Gasteiger partial charge in [0, 0.05) is 29.7 Å². The average molecular weight is 573 g/mol. The third-order valence-electron chi connectivity index (χ3n) is 6.28. The zero-order valence-electron chi connectivity index (χ0n) is 21.8. The van der Waals surface area contributed by atoms with Crippen molar-refractivity contribution in [2.24, 2.45) is 0 Å². The van der Waals surface area contributed by atoms with Gasteiger partial charge in [-0.25, -0.2) is 8.42 Å². The third-order valence-corrected chi connectivity index (χ3v) is 8.49. The number of ether oxygens (including phenoxy) is 1. The van der Waals surface area contributed by atoms with Crippen LogP contribution in [0.25, 0.3) is 21.2 Å². The Labute approximate surface area is 237 Å². The van der Waals surface area contributed by atoms with Crippen molar-refractivity contribution in [1.29, 1.82) is 0 Å². The highest BCUT2D eigenvalue weighted by molar-refractivity contribution is 7.92. The monoisotopic (exact) mass is 572 g/mol. The highest BCUT2D eigenvalue weighted by atomic mass is 32.2. The summed E-state index contributed by atoms with van der Waals surface area (Å²) in [6.07, 6.45) is 0.669. The first-order valence-electron chi connectivity index (χ1n) is 12.7. The molecule has 0 saturated carbocycles. The summed E-state index contributed by atoms with van der Waals surface area (Å²) >= 11 is 1.30. The number of sulfonamides is 1. The van der Waals surface area contributed by atoms with Crippen LogP contribution >= 0.6 is 11.5 Å². The van der Waals surface area contributed by atoms with Crippen molar-refractivity contribution in [2.75, 3.05) is 30.2 Å². The van der Waals surface area contributed by atoms with E-state index < -0.39 is 10.0 Å². The third kappa shape index (κ3) is 6.41. The van der Waals surface area contributed by atoms with Gasteiger partial charge in [0.2, 0.25) is 0 Å². The van der Waals surface area contributed by atoms with E-state index in [9.17, 15) is 13.2 Å². The van der Waals surface area contributed by atoms with E-state index in [1.807, 2.05) is 54.6 Å². The minimum Gasteiger partial charge on any atom is -0.497 e. The smallest absolute Gasteiger partial charge is 0.261 e. The maximum absolute atomic E-state index is 12.9. The first-order valence-corrected chi connectivity index (χ1v) is 14.9. The lowest BCUT2D eigenvalue weighted by Crippen LogP contribution is -2.25. The van der Waals surface area contributed by atoms with Crippen LogP contribution in [0.3, 0.4) is 0 Å². The Bertz CT molecular complexity index is 1700. The van der Waals surface area contributed by atoms with E-state index in [1.165, 1.54) is 11.5 Å². The molecule has 1 heterocycles. The van der Waals surface area contributed by atoms with Gasteiger partial charge in [0.25, 0.3) is 15.9 Å². The molecule has 0 aliphatic heterocycles. The van der Waals surface area contributed by atoms with Crippen molar-refractivity contribution in [2.45, 2.75) is 11.3 Å². The van der Waals surface area contributed by atoms with E-state index in [0.29, 0.717) is 36.6 Å². The number of hydrogen-bond acceptors (Lipinski definition) is 7. The van der Waals surface area contributed by atoms with Crippen LogP contribution in [-0.4, -0.2) is 38.9 Å². The lowest BCUT2D eigenvalue weighted by Gasteiger charge is -2.09. The van der Waals surface area contributed by atoms with Crippen molar-refractivity contribution in [1.82, 2.24) is 9.69 Å². The van der Waals surface area contributed by atoms with E-state index in [0.717, 1.165) is 27.0 Å². The number of fused-ring (bicyclic) bond motifs is 1. The van der Waals surface area contributed by atoms with Crippen LogP contribution in [0.5, 0.6) is 5.75 Å². The molecule has 0 fully saturated rings. The molecule has 8 nitrogen and oxygen atoms in total. The summed E-state index contributed by atoms with van der Waals surface area (Å²) < 4.78 is 38.9. The Morgan fingerprint density at radius 2 is 1.57 bits per heavy atom. The summed E-state index contributed by atoms with van der Waals surface area (Å²) in [7, 11) is -2.11. The summed E-state index contributed by atoms with van der Waals surface area (Å²) in [6, 6.07) is 29.0. The van der Waals surface area contributed by atoms with Gasteiger partial charge in [0.1, 0.15) is 11.6 Å². The van der Waals surface area contributed by atoms with Gasteiger partial charge in [0.05, 0.1) is 16.7 Å². The van der Waals surface area contributed by atoms with Crippen molar-refractivity contribution < 1.29 is 17.9 Å². The molecular weight excluding hydrogens is 544 g/mol. The summed E-state index contributed by atoms with van der Waals surface area (Å²) in [5.41, 5.74) is 3.16. The van der Waals surface area contributed by atoms with Crippen molar-refractivity contribution in [3.05, 3.63) is 103 Å². The molecule has 0 unspecified atom stereocenters. The first kappa shape index (κ1) is 27.2. The van der Waals surface area contributed by atoms with Crippen molar-refractivity contribution >= 4 is 49.1 Å². The Hall–Kier alpha value is -4.41. The highest BCUT2D eigenvalue weighted by Gasteiger charge is 2.17. The molecule has 0 aliphatic rings. The molecule has 0 atom stereocenters. The predicted molar refractivity (Wildman–Crippen MR) is 161 cm³/mol. The number of hydrogen-bond donors (Lipinski definition) is 3. The van der Waals surface area contributed by atoms with Crippen LogP contribution in [0.4, 0.5) is 11.5 Å². The topological polar surface area (TPSA) is 109 Å². The second-order valence-corrected chi connectivity index (χ2v) is 11.5. The second-order valence-electron chi connectivity index (χ2n) is 9.00. The molecule has 204 valence electrons. The van der Waals surface area contributed by atoms with Crippen LogP contribution in [-0.2, 0) is 10.0 Å². The van der Waals surface area contributed by atoms with Crippen LogP contribution in [0.1, 0.15) is 16.8 Å². The van der Waals surface area contributed by atoms with Crippen LogP contribution < -0.4 is 20.1 Å². The molecule has 10 heteroatoms. The van der Waals surface area contributed by atoms with Crippen LogP contribution in [0, 0.1) is 0 Å². The van der Waals surface area contributed by atoms with E-state index in [4.69, 9.17) is 4.74 Å². The molecule has 0 saturated heterocycles. The van der Waals surface area contributed by atoms with Gasteiger partial charge in [-0.15, -0.1) is 0 Å². The summed E-state index contributed by atoms with van der Waals surface area (Å²) in [4.78, 5) is 12.7. The van der Waals surface area contributed by atoms with Gasteiger partial charge in [-0.05, 0) is 83.7 Å². The molecular formula is C30H28N4O4S2. The van der Waals surface area contributed by atoms with Crippen molar-refractivity contribution in [3.8, 4) is 16.9 Å². The van der Waals surface area contributed by atoms with E-state index in [-0.39, 0.29) is 10.8 Å². The lowest BCUT2D eigenvalue weighted by atomic mass is 10.0. The zero-order valence-corrected chi connectivity index (χ0v) is 23.4. The number of anilines is 2. The summed E-state index contributed by atoms with van der Waals surface area (Å²) in [6.45, 7) is 1.05. The summed E-state index contributed by atoms with van der Waals surface area (Å²) in [5, 5.41) is 6.95. The van der Waals surface area contributed by atoms with E-state index in [2.05, 4.69) is 19.7 Å². The molecule has 0 aliphatic carbocycles. The predicted octanol–water partition coefficient (Wildman–Crippen LogP) is 6.00. The van der Waals surface area contributed by atoms with Gasteiger partial charge in [-0.1, -0.05) is 42.5 Å². The van der Waals surface area contributed by atoms with Gasteiger partial charge < -0.3 is 15.4 Å². The minimum absolute atomic E-state index is 0.138. The highest BCUT2D eigenvalue weighted by Crippen LogP contribution is 2.30. The molecule has 1 aromatic heterocycles. The fraction of sp³-hybridized carbons (Fsp3) is 0.133. The largest absolute Gasteiger partial charge is 0.497 e. The minimum atomic E-state index is -3.74. The molecule has 4 aromatic carbocycles.